The Bertz CT molecular complexity index is 81.4. The maximum Gasteiger partial charge on any atom is 0.518 e. The Morgan fingerprint density at radius 2 is 2.25 bits per heavy atom. The lowest BCUT2D eigenvalue weighted by Crippen LogP contribution is -1.95. The number of hydrogen-bond acceptors (Lipinski definition) is 3. The van der Waals surface area contributed by atoms with Crippen LogP contribution in [0.2, 0.25) is 0 Å². The molecule has 0 spiro atoms. The van der Waals surface area contributed by atoms with Gasteiger partial charge in [0, 0.05) is 5.25 Å². The Hall–Kier alpha value is -0.380. The molecule has 4 heteroatoms. The number of carbonyl (C=O) groups is 1. The summed E-state index contributed by atoms with van der Waals surface area (Å²) in [4.78, 5) is 9.66. The summed E-state index contributed by atoms with van der Waals surface area (Å²) in [5.41, 5.74) is 0. The number of rotatable bonds is 2. The molecule has 0 fully saturated rings. The molecule has 0 rings (SSSR count). The summed E-state index contributed by atoms with van der Waals surface area (Å²) in [6.45, 7) is 3.71. The van der Waals surface area contributed by atoms with Crippen molar-refractivity contribution >= 4 is 18.2 Å². The molecule has 0 unspecified atom stereocenters. The van der Waals surface area contributed by atoms with Crippen LogP contribution in [0, 0.1) is 0 Å². The van der Waals surface area contributed by atoms with Crippen LogP contribution in [-0.4, -0.2) is 16.5 Å². The van der Waals surface area contributed by atoms with Gasteiger partial charge in [-0.25, -0.2) is 4.79 Å². The van der Waals surface area contributed by atoms with Crippen LogP contribution in [0.15, 0.2) is 0 Å². The monoisotopic (exact) mass is 136 g/mol. The lowest BCUT2D eigenvalue weighted by molar-refractivity contribution is 0.152. The maximum absolute atomic E-state index is 9.66. The predicted molar refractivity (Wildman–Crippen MR) is 31.8 cm³/mol. The highest BCUT2D eigenvalue weighted by Crippen LogP contribution is 2.09. The maximum atomic E-state index is 9.66. The second-order valence-electron chi connectivity index (χ2n) is 1.49. The molecule has 3 nitrogen and oxygen atoms in total. The van der Waals surface area contributed by atoms with Crippen LogP contribution in [-0.2, 0) is 4.18 Å². The van der Waals surface area contributed by atoms with Crippen LogP contribution in [0.25, 0.3) is 0 Å². The van der Waals surface area contributed by atoms with Crippen molar-refractivity contribution in [3.63, 3.8) is 0 Å². The Kier molecular flexibility index (Phi) is 3.43. The van der Waals surface area contributed by atoms with E-state index in [9.17, 15) is 4.79 Å². The molecule has 0 atom stereocenters. The van der Waals surface area contributed by atoms with E-state index in [-0.39, 0.29) is 5.25 Å². The molecule has 48 valence electrons. The zero-order chi connectivity index (χ0) is 6.57. The first-order valence-corrected chi connectivity index (χ1v) is 2.99. The van der Waals surface area contributed by atoms with Gasteiger partial charge in [-0.05, 0) is 0 Å². The highest BCUT2D eigenvalue weighted by Gasteiger charge is 1.99. The average molecular weight is 136 g/mol. The van der Waals surface area contributed by atoms with Crippen LogP contribution in [0.3, 0.4) is 0 Å². The van der Waals surface area contributed by atoms with Gasteiger partial charge in [-0.15, -0.1) is 0 Å². The van der Waals surface area contributed by atoms with Gasteiger partial charge in [0.15, 0.2) is 0 Å². The first-order chi connectivity index (χ1) is 3.63. The number of carboxylic acid groups (broad SMARTS) is 1. The van der Waals surface area contributed by atoms with Crippen molar-refractivity contribution in [2.24, 2.45) is 0 Å². The van der Waals surface area contributed by atoms with Crippen molar-refractivity contribution in [3.8, 4) is 0 Å². The molecule has 0 aromatic carbocycles. The number of hydrogen-bond donors (Lipinski definition) is 1. The van der Waals surface area contributed by atoms with Gasteiger partial charge in [0.1, 0.15) is 0 Å². The van der Waals surface area contributed by atoms with Gasteiger partial charge in [-0.1, -0.05) is 13.8 Å². The summed E-state index contributed by atoms with van der Waals surface area (Å²) >= 11 is 0.940. The molecule has 0 radical (unpaired) electrons. The summed E-state index contributed by atoms with van der Waals surface area (Å²) in [7, 11) is 0. The topological polar surface area (TPSA) is 46.5 Å². The van der Waals surface area contributed by atoms with Crippen molar-refractivity contribution in [2.75, 3.05) is 0 Å². The molecule has 0 saturated carbocycles. The predicted octanol–water partition coefficient (Wildman–Crippen LogP) is 1.74. The second kappa shape index (κ2) is 3.60. The third-order valence-electron chi connectivity index (χ3n) is 0.312. The normalized spacial score (nSPS) is 9.38. The Morgan fingerprint density at radius 3 is 2.38 bits per heavy atom. The first kappa shape index (κ1) is 7.62. The first-order valence-electron chi connectivity index (χ1n) is 2.19. The van der Waals surface area contributed by atoms with Crippen molar-refractivity contribution in [1.82, 2.24) is 0 Å². The van der Waals surface area contributed by atoms with Gasteiger partial charge in [-0.3, -0.25) is 0 Å². The summed E-state index contributed by atoms with van der Waals surface area (Å²) in [5, 5.41) is 8.12. The molecule has 0 heterocycles. The summed E-state index contributed by atoms with van der Waals surface area (Å²) < 4.78 is 4.14. The van der Waals surface area contributed by atoms with Crippen LogP contribution in [0.5, 0.6) is 0 Å². The quantitative estimate of drug-likeness (QED) is 0.587. The molecule has 0 aliphatic heterocycles. The van der Waals surface area contributed by atoms with E-state index in [0.29, 0.717) is 0 Å². The standard InChI is InChI=1S/C4H8O3S/c1-3(2)8-7-4(5)6/h3H,1-2H3,(H,5,6). The highest BCUT2D eigenvalue weighted by atomic mass is 32.2. The Labute approximate surface area is 52.2 Å². The molecule has 0 aromatic rings. The summed E-state index contributed by atoms with van der Waals surface area (Å²) in [5.74, 6) is 0. The van der Waals surface area contributed by atoms with Crippen molar-refractivity contribution < 1.29 is 14.1 Å². The van der Waals surface area contributed by atoms with E-state index in [1.54, 1.807) is 0 Å². The van der Waals surface area contributed by atoms with Crippen LogP contribution in [0.1, 0.15) is 13.8 Å². The lowest BCUT2D eigenvalue weighted by atomic mass is 10.6. The van der Waals surface area contributed by atoms with Gasteiger partial charge in [0.05, 0.1) is 12.0 Å². The second-order valence-corrected chi connectivity index (χ2v) is 2.80. The van der Waals surface area contributed by atoms with E-state index in [2.05, 4.69) is 4.18 Å². The largest absolute Gasteiger partial charge is 0.518 e. The molecule has 0 amide bonds. The van der Waals surface area contributed by atoms with Crippen molar-refractivity contribution in [2.45, 2.75) is 19.1 Å². The zero-order valence-electron chi connectivity index (χ0n) is 4.75. The minimum absolute atomic E-state index is 0.200. The molecule has 0 saturated heterocycles. The summed E-state index contributed by atoms with van der Waals surface area (Å²) in [6, 6.07) is 0. The molecular formula is C4H8O3S. The van der Waals surface area contributed by atoms with Gasteiger partial charge in [-0.2, -0.15) is 0 Å². The van der Waals surface area contributed by atoms with E-state index in [0.717, 1.165) is 12.0 Å². The molecular weight excluding hydrogens is 128 g/mol. The molecule has 0 aliphatic rings. The molecule has 0 aromatic heterocycles. The van der Waals surface area contributed by atoms with Crippen molar-refractivity contribution in [1.29, 1.82) is 0 Å². The van der Waals surface area contributed by atoms with Crippen molar-refractivity contribution in [3.05, 3.63) is 0 Å². The lowest BCUT2D eigenvalue weighted by Gasteiger charge is -1.98. The van der Waals surface area contributed by atoms with Gasteiger partial charge >= 0.3 is 6.16 Å². The molecule has 1 N–H and O–H groups in total. The van der Waals surface area contributed by atoms with Crippen LogP contribution >= 0.6 is 12.0 Å². The Morgan fingerprint density at radius 1 is 1.75 bits per heavy atom. The third-order valence-corrected chi connectivity index (χ3v) is 0.936. The molecule has 8 heavy (non-hydrogen) atoms. The van der Waals surface area contributed by atoms with Gasteiger partial charge < -0.3 is 9.29 Å². The molecule has 0 aliphatic carbocycles. The van der Waals surface area contributed by atoms with E-state index < -0.39 is 6.16 Å². The fourth-order valence-corrected chi connectivity index (χ4v) is 0.412. The fourth-order valence-electron chi connectivity index (χ4n) is 0.137. The fraction of sp³-hybridized carbons (Fsp3) is 0.750. The van der Waals surface area contributed by atoms with Crippen LogP contribution in [0.4, 0.5) is 4.79 Å². The smallest absolute Gasteiger partial charge is 0.449 e. The highest BCUT2D eigenvalue weighted by molar-refractivity contribution is 7.95. The van der Waals surface area contributed by atoms with E-state index in [1.807, 2.05) is 13.8 Å². The average Bonchev–Trinajstić information content (AvgIpc) is 1.61. The minimum Gasteiger partial charge on any atom is -0.449 e. The van der Waals surface area contributed by atoms with E-state index in [4.69, 9.17) is 5.11 Å². The van der Waals surface area contributed by atoms with Crippen LogP contribution < -0.4 is 0 Å². The van der Waals surface area contributed by atoms with E-state index in [1.165, 1.54) is 0 Å². The van der Waals surface area contributed by atoms with E-state index >= 15 is 0 Å². The minimum atomic E-state index is -1.23. The van der Waals surface area contributed by atoms with Gasteiger partial charge in [0.25, 0.3) is 0 Å². The zero-order valence-corrected chi connectivity index (χ0v) is 5.57. The summed E-state index contributed by atoms with van der Waals surface area (Å²) in [6.07, 6.45) is -1.23. The Balaban J connectivity index is 3.05. The van der Waals surface area contributed by atoms with Gasteiger partial charge in [0.2, 0.25) is 0 Å². The SMILES string of the molecule is CC(C)SOC(=O)O. The third kappa shape index (κ3) is 5.62. The molecule has 0 bridgehead atoms.